The average molecular weight is 297 g/mol. The first-order valence-electron chi connectivity index (χ1n) is 6.13. The first-order valence-corrected chi connectivity index (χ1v) is 7.95. The first-order chi connectivity index (χ1) is 7.91. The van der Waals surface area contributed by atoms with Crippen molar-refractivity contribution in [2.45, 2.75) is 37.8 Å². The molecule has 1 aliphatic carbocycles. The maximum atomic E-state index is 12.2. The topological polar surface area (TPSA) is 80.5 Å². The van der Waals surface area contributed by atoms with Gasteiger partial charge in [0.25, 0.3) is 0 Å². The smallest absolute Gasteiger partial charge is 0.227 e. The summed E-state index contributed by atoms with van der Waals surface area (Å²) < 4.78 is 22.8. The van der Waals surface area contributed by atoms with Gasteiger partial charge in [0, 0.05) is 19.1 Å². The fourth-order valence-corrected chi connectivity index (χ4v) is 4.59. The van der Waals surface area contributed by atoms with Crippen LogP contribution in [0.4, 0.5) is 0 Å². The Morgan fingerprint density at radius 1 is 1.28 bits per heavy atom. The van der Waals surface area contributed by atoms with Crippen LogP contribution in [0.3, 0.4) is 0 Å². The number of halogens is 1. The molecule has 2 N–H and O–H groups in total. The Balaban J connectivity index is 0.00000162. The van der Waals surface area contributed by atoms with Crippen LogP contribution in [-0.2, 0) is 14.6 Å². The van der Waals surface area contributed by atoms with Crippen molar-refractivity contribution in [3.8, 4) is 0 Å². The fraction of sp³-hybridized carbons (Fsp3) is 0.909. The van der Waals surface area contributed by atoms with Crippen LogP contribution in [0.2, 0.25) is 0 Å². The second-order valence-corrected chi connectivity index (χ2v) is 7.44. The van der Waals surface area contributed by atoms with Crippen LogP contribution in [0.25, 0.3) is 0 Å². The highest BCUT2D eigenvalue weighted by Gasteiger charge is 2.38. The normalized spacial score (nSPS) is 34.0. The van der Waals surface area contributed by atoms with Gasteiger partial charge in [-0.1, -0.05) is 6.42 Å². The molecule has 3 unspecified atom stereocenters. The number of carbonyl (C=O) groups is 1. The zero-order chi connectivity index (χ0) is 12.6. The summed E-state index contributed by atoms with van der Waals surface area (Å²) in [5.74, 6) is 0.226. The van der Waals surface area contributed by atoms with Crippen molar-refractivity contribution in [3.05, 3.63) is 0 Å². The summed E-state index contributed by atoms with van der Waals surface area (Å²) in [7, 11) is -1.23. The Morgan fingerprint density at radius 2 is 1.94 bits per heavy atom. The summed E-state index contributed by atoms with van der Waals surface area (Å²) in [6, 6.07) is -0.205. The van der Waals surface area contributed by atoms with Crippen LogP contribution >= 0.6 is 12.4 Å². The summed E-state index contributed by atoms with van der Waals surface area (Å²) >= 11 is 0. The predicted octanol–water partition coefficient (Wildman–Crippen LogP) is 0.181. The molecule has 0 aromatic carbocycles. The molecular formula is C11H21ClN2O3S. The Bertz CT molecular complexity index is 413. The van der Waals surface area contributed by atoms with Gasteiger partial charge in [-0.05, 0) is 19.3 Å². The van der Waals surface area contributed by atoms with E-state index in [9.17, 15) is 13.2 Å². The molecule has 2 aliphatic rings. The van der Waals surface area contributed by atoms with Gasteiger partial charge in [-0.15, -0.1) is 12.4 Å². The Morgan fingerprint density at radius 3 is 2.39 bits per heavy atom. The zero-order valence-corrected chi connectivity index (χ0v) is 12.2. The van der Waals surface area contributed by atoms with Crippen LogP contribution in [0.1, 0.15) is 25.7 Å². The summed E-state index contributed by atoms with van der Waals surface area (Å²) in [5.41, 5.74) is 5.90. The predicted molar refractivity (Wildman–Crippen MR) is 72.4 cm³/mol. The van der Waals surface area contributed by atoms with Crippen molar-refractivity contribution in [3.63, 3.8) is 0 Å². The Labute approximate surface area is 114 Å². The molecule has 5 nitrogen and oxygen atoms in total. The SMILES string of the molecule is CN(C(=O)C1CCCC1N)C1CCS(=O)(=O)C1.Cl. The van der Waals surface area contributed by atoms with Crippen LogP contribution in [-0.4, -0.2) is 49.9 Å². The number of carbonyl (C=O) groups excluding carboxylic acids is 1. The van der Waals surface area contributed by atoms with Gasteiger partial charge in [0.1, 0.15) is 0 Å². The highest BCUT2D eigenvalue weighted by Crippen LogP contribution is 2.27. The number of nitrogens with zero attached hydrogens (tertiary/aromatic N) is 1. The maximum absolute atomic E-state index is 12.2. The van der Waals surface area contributed by atoms with Gasteiger partial charge in [-0.25, -0.2) is 8.42 Å². The number of hydrogen-bond acceptors (Lipinski definition) is 4. The third-order valence-corrected chi connectivity index (χ3v) is 5.74. The maximum Gasteiger partial charge on any atom is 0.227 e. The molecule has 18 heavy (non-hydrogen) atoms. The molecule has 1 aliphatic heterocycles. The van der Waals surface area contributed by atoms with Crippen molar-refractivity contribution >= 4 is 28.2 Å². The third kappa shape index (κ3) is 3.16. The lowest BCUT2D eigenvalue weighted by atomic mass is 10.0. The van der Waals surface area contributed by atoms with Crippen LogP contribution < -0.4 is 5.73 Å². The average Bonchev–Trinajstić information content (AvgIpc) is 2.82. The molecular weight excluding hydrogens is 276 g/mol. The molecule has 0 radical (unpaired) electrons. The molecule has 0 aromatic rings. The molecule has 1 saturated carbocycles. The summed E-state index contributed by atoms with van der Waals surface area (Å²) in [6.07, 6.45) is 3.29. The van der Waals surface area contributed by atoms with Gasteiger partial charge in [0.2, 0.25) is 5.91 Å². The van der Waals surface area contributed by atoms with Crippen molar-refractivity contribution in [1.82, 2.24) is 4.90 Å². The van der Waals surface area contributed by atoms with Gasteiger partial charge in [-0.3, -0.25) is 4.79 Å². The molecule has 3 atom stereocenters. The first kappa shape index (κ1) is 15.7. The molecule has 0 aromatic heterocycles. The largest absolute Gasteiger partial charge is 0.341 e. The highest BCUT2D eigenvalue weighted by atomic mass is 35.5. The minimum atomic E-state index is -2.94. The molecule has 2 rings (SSSR count). The zero-order valence-electron chi connectivity index (χ0n) is 10.5. The van der Waals surface area contributed by atoms with Gasteiger partial charge in [0.05, 0.1) is 17.4 Å². The Kier molecular flexibility index (Phi) is 5.03. The molecule has 0 bridgehead atoms. The Hall–Kier alpha value is -0.330. The van der Waals surface area contributed by atoms with Crippen LogP contribution in [0.5, 0.6) is 0 Å². The second-order valence-electron chi connectivity index (χ2n) is 5.21. The minimum Gasteiger partial charge on any atom is -0.341 e. The van der Waals surface area contributed by atoms with Gasteiger partial charge >= 0.3 is 0 Å². The van der Waals surface area contributed by atoms with Crippen molar-refractivity contribution in [2.24, 2.45) is 11.7 Å². The molecule has 7 heteroatoms. The van der Waals surface area contributed by atoms with E-state index in [-0.39, 0.29) is 47.8 Å². The van der Waals surface area contributed by atoms with E-state index in [0.717, 1.165) is 19.3 Å². The number of sulfone groups is 1. The lowest BCUT2D eigenvalue weighted by Gasteiger charge is -2.27. The lowest BCUT2D eigenvalue weighted by Crippen LogP contribution is -2.45. The van der Waals surface area contributed by atoms with Crippen LogP contribution in [0, 0.1) is 5.92 Å². The van der Waals surface area contributed by atoms with Crippen molar-refractivity contribution in [2.75, 3.05) is 18.6 Å². The standard InChI is InChI=1S/C11H20N2O3S.ClH/c1-13(8-5-6-17(15,16)7-8)11(14)9-3-2-4-10(9)12;/h8-10H,2-7,12H2,1H3;1H. The van der Waals surface area contributed by atoms with E-state index in [4.69, 9.17) is 5.73 Å². The van der Waals surface area contributed by atoms with Gasteiger partial charge < -0.3 is 10.6 Å². The van der Waals surface area contributed by atoms with E-state index in [2.05, 4.69) is 0 Å². The molecule has 1 heterocycles. The molecule has 2 fully saturated rings. The van der Waals surface area contributed by atoms with Crippen LogP contribution in [0.15, 0.2) is 0 Å². The van der Waals surface area contributed by atoms with Gasteiger partial charge in [0.15, 0.2) is 9.84 Å². The summed E-state index contributed by atoms with van der Waals surface area (Å²) in [4.78, 5) is 13.8. The third-order valence-electron chi connectivity index (χ3n) is 3.99. The second kappa shape index (κ2) is 5.75. The van der Waals surface area contributed by atoms with Gasteiger partial charge in [-0.2, -0.15) is 0 Å². The van der Waals surface area contributed by atoms with E-state index in [0.29, 0.717) is 6.42 Å². The molecule has 106 valence electrons. The van der Waals surface area contributed by atoms with Crippen molar-refractivity contribution in [1.29, 1.82) is 0 Å². The van der Waals surface area contributed by atoms with E-state index in [1.807, 2.05) is 0 Å². The number of nitrogens with two attached hydrogens (primary N) is 1. The highest BCUT2D eigenvalue weighted by molar-refractivity contribution is 7.91. The summed E-state index contributed by atoms with van der Waals surface area (Å²) in [5, 5.41) is 0. The van der Waals surface area contributed by atoms with E-state index in [1.54, 1.807) is 11.9 Å². The molecule has 0 spiro atoms. The van der Waals surface area contributed by atoms with E-state index in [1.165, 1.54) is 0 Å². The number of amides is 1. The summed E-state index contributed by atoms with van der Waals surface area (Å²) in [6.45, 7) is 0. The minimum absolute atomic E-state index is 0. The quantitative estimate of drug-likeness (QED) is 0.788. The molecule has 1 saturated heterocycles. The molecule has 1 amide bonds. The fourth-order valence-electron chi connectivity index (χ4n) is 2.82. The van der Waals surface area contributed by atoms with E-state index < -0.39 is 9.84 Å². The number of hydrogen-bond donors (Lipinski definition) is 1. The monoisotopic (exact) mass is 296 g/mol. The van der Waals surface area contributed by atoms with Crippen molar-refractivity contribution < 1.29 is 13.2 Å². The number of rotatable bonds is 2. The lowest BCUT2D eigenvalue weighted by molar-refractivity contribution is -0.136. The van der Waals surface area contributed by atoms with E-state index >= 15 is 0 Å².